The van der Waals surface area contributed by atoms with Gasteiger partial charge in [0.25, 0.3) is 0 Å². The minimum Gasteiger partial charge on any atom is -0.340 e. The summed E-state index contributed by atoms with van der Waals surface area (Å²) in [6, 6.07) is 12.1. The zero-order valence-electron chi connectivity index (χ0n) is 15.1. The second kappa shape index (κ2) is 7.76. The van der Waals surface area contributed by atoms with E-state index >= 15 is 0 Å². The number of piperidine rings is 1. The lowest BCUT2D eigenvalue weighted by atomic mass is 10.1. The number of likely N-dealkylation sites (tertiary alicyclic amines) is 1. The standard InChI is InChI=1S/C21H23F3N2S/c22-21(23,24)16-9-10-20-18(15-16)26(17-7-2-3-8-19(17)27-20)14-6-13-25-11-4-1-5-12-25/h2-3,7-10,15H,1,4-6,11-14H2. The minimum absolute atomic E-state index is 0.581. The maximum Gasteiger partial charge on any atom is 0.416 e. The molecule has 6 heteroatoms. The number of fused-ring (bicyclic) bond motifs is 2. The lowest BCUT2D eigenvalue weighted by molar-refractivity contribution is -0.137. The molecule has 144 valence electrons. The second-order valence-electron chi connectivity index (χ2n) is 7.16. The fraction of sp³-hybridized carbons (Fsp3) is 0.429. The van der Waals surface area contributed by atoms with Crippen LogP contribution >= 0.6 is 11.8 Å². The Bertz CT molecular complexity index is 800. The van der Waals surface area contributed by atoms with Crippen molar-refractivity contribution in [1.82, 2.24) is 4.90 Å². The highest BCUT2D eigenvalue weighted by Gasteiger charge is 2.33. The molecule has 0 bridgehead atoms. The molecule has 2 aliphatic heterocycles. The van der Waals surface area contributed by atoms with Gasteiger partial charge in [0.15, 0.2) is 0 Å². The van der Waals surface area contributed by atoms with Gasteiger partial charge in [0.1, 0.15) is 0 Å². The van der Waals surface area contributed by atoms with Crippen molar-refractivity contribution in [3.05, 3.63) is 48.0 Å². The number of benzene rings is 2. The molecule has 2 aliphatic rings. The van der Waals surface area contributed by atoms with Crippen molar-refractivity contribution in [2.75, 3.05) is 31.1 Å². The van der Waals surface area contributed by atoms with Gasteiger partial charge < -0.3 is 9.80 Å². The Morgan fingerprint density at radius 2 is 1.59 bits per heavy atom. The first-order valence-corrected chi connectivity index (χ1v) is 10.3. The molecule has 0 aromatic heterocycles. The van der Waals surface area contributed by atoms with Crippen molar-refractivity contribution < 1.29 is 13.2 Å². The summed E-state index contributed by atoms with van der Waals surface area (Å²) in [4.78, 5) is 6.53. The van der Waals surface area contributed by atoms with Crippen molar-refractivity contribution in [2.24, 2.45) is 0 Å². The van der Waals surface area contributed by atoms with Gasteiger partial charge in [-0.15, -0.1) is 0 Å². The van der Waals surface area contributed by atoms with E-state index in [0.717, 1.165) is 48.1 Å². The van der Waals surface area contributed by atoms with Crippen molar-refractivity contribution in [2.45, 2.75) is 41.7 Å². The van der Waals surface area contributed by atoms with Crippen LogP contribution in [0.4, 0.5) is 24.5 Å². The molecule has 1 fully saturated rings. The normalized spacial score (nSPS) is 17.5. The van der Waals surface area contributed by atoms with Crippen LogP contribution in [0.2, 0.25) is 0 Å². The van der Waals surface area contributed by atoms with Crippen LogP contribution in [0, 0.1) is 0 Å². The van der Waals surface area contributed by atoms with E-state index in [1.165, 1.54) is 31.4 Å². The monoisotopic (exact) mass is 392 g/mol. The van der Waals surface area contributed by atoms with E-state index in [9.17, 15) is 13.2 Å². The van der Waals surface area contributed by atoms with Crippen LogP contribution in [0.5, 0.6) is 0 Å². The molecule has 0 unspecified atom stereocenters. The van der Waals surface area contributed by atoms with Crippen LogP contribution in [-0.4, -0.2) is 31.1 Å². The molecule has 0 amide bonds. The molecule has 2 aromatic carbocycles. The Balaban J connectivity index is 1.59. The molecule has 2 aromatic rings. The molecular formula is C21H23F3N2S. The Hall–Kier alpha value is -1.66. The molecule has 0 spiro atoms. The zero-order chi connectivity index (χ0) is 18.9. The van der Waals surface area contributed by atoms with Crippen molar-refractivity contribution in [3.8, 4) is 0 Å². The summed E-state index contributed by atoms with van der Waals surface area (Å²) in [5.41, 5.74) is 1.10. The van der Waals surface area contributed by atoms with Gasteiger partial charge in [0.05, 0.1) is 16.9 Å². The van der Waals surface area contributed by atoms with Crippen LogP contribution < -0.4 is 4.90 Å². The SMILES string of the molecule is FC(F)(F)c1ccc2c(c1)N(CCCN1CCCCC1)c1ccccc1S2. The van der Waals surface area contributed by atoms with Gasteiger partial charge in [-0.05, 0) is 69.2 Å². The van der Waals surface area contributed by atoms with E-state index in [4.69, 9.17) is 0 Å². The van der Waals surface area contributed by atoms with E-state index in [0.29, 0.717) is 5.69 Å². The summed E-state index contributed by atoms with van der Waals surface area (Å²) in [5.74, 6) is 0. The maximum atomic E-state index is 13.2. The molecule has 4 rings (SSSR count). The van der Waals surface area contributed by atoms with Gasteiger partial charge in [-0.3, -0.25) is 0 Å². The number of para-hydroxylation sites is 1. The van der Waals surface area contributed by atoms with Crippen LogP contribution in [0.1, 0.15) is 31.2 Å². The first-order chi connectivity index (χ1) is 13.0. The van der Waals surface area contributed by atoms with Crippen molar-refractivity contribution in [1.29, 1.82) is 0 Å². The first kappa shape index (κ1) is 18.7. The number of anilines is 2. The fourth-order valence-electron chi connectivity index (χ4n) is 3.88. The number of halogens is 3. The van der Waals surface area contributed by atoms with Crippen LogP contribution in [-0.2, 0) is 6.18 Å². The number of hydrogen-bond donors (Lipinski definition) is 0. The van der Waals surface area contributed by atoms with Crippen LogP contribution in [0.3, 0.4) is 0 Å². The molecular weight excluding hydrogens is 369 g/mol. The molecule has 0 N–H and O–H groups in total. The van der Waals surface area contributed by atoms with Gasteiger partial charge in [-0.2, -0.15) is 13.2 Å². The van der Waals surface area contributed by atoms with E-state index in [-0.39, 0.29) is 0 Å². The maximum absolute atomic E-state index is 13.2. The second-order valence-corrected chi connectivity index (χ2v) is 8.24. The number of nitrogens with zero attached hydrogens (tertiary/aromatic N) is 2. The molecule has 0 atom stereocenters. The predicted octanol–water partition coefficient (Wildman–Crippen LogP) is 6.18. The van der Waals surface area contributed by atoms with E-state index in [1.807, 2.05) is 24.3 Å². The first-order valence-electron chi connectivity index (χ1n) is 9.50. The number of hydrogen-bond acceptors (Lipinski definition) is 3. The fourth-order valence-corrected chi connectivity index (χ4v) is 4.96. The van der Waals surface area contributed by atoms with Crippen molar-refractivity contribution in [3.63, 3.8) is 0 Å². The Morgan fingerprint density at radius 1 is 0.852 bits per heavy atom. The molecule has 0 saturated carbocycles. The third kappa shape index (κ3) is 4.11. The zero-order valence-corrected chi connectivity index (χ0v) is 16.0. The summed E-state index contributed by atoms with van der Waals surface area (Å²) >= 11 is 1.55. The largest absolute Gasteiger partial charge is 0.416 e. The van der Waals surface area contributed by atoms with E-state index < -0.39 is 11.7 Å². The van der Waals surface area contributed by atoms with Gasteiger partial charge in [-0.1, -0.05) is 30.3 Å². The Labute approximate surface area is 162 Å². The average molecular weight is 392 g/mol. The minimum atomic E-state index is -4.32. The molecule has 0 aliphatic carbocycles. The van der Waals surface area contributed by atoms with Gasteiger partial charge >= 0.3 is 6.18 Å². The van der Waals surface area contributed by atoms with Gasteiger partial charge in [0, 0.05) is 16.3 Å². The molecule has 2 nitrogen and oxygen atoms in total. The smallest absolute Gasteiger partial charge is 0.340 e. The number of alkyl halides is 3. The summed E-state index contributed by atoms with van der Waals surface area (Å²) in [5, 5.41) is 0. The third-order valence-corrected chi connectivity index (χ3v) is 6.39. The van der Waals surface area contributed by atoms with Gasteiger partial charge in [-0.25, -0.2) is 0 Å². The highest BCUT2D eigenvalue weighted by Crippen LogP contribution is 2.49. The van der Waals surface area contributed by atoms with Crippen LogP contribution in [0.25, 0.3) is 0 Å². The Morgan fingerprint density at radius 3 is 2.37 bits per heavy atom. The summed E-state index contributed by atoms with van der Waals surface area (Å²) in [7, 11) is 0. The summed E-state index contributed by atoms with van der Waals surface area (Å²) < 4.78 is 39.7. The van der Waals surface area contributed by atoms with E-state index in [1.54, 1.807) is 17.8 Å². The highest BCUT2D eigenvalue weighted by molar-refractivity contribution is 7.99. The molecule has 1 saturated heterocycles. The Kier molecular flexibility index (Phi) is 5.37. The van der Waals surface area contributed by atoms with Gasteiger partial charge in [0.2, 0.25) is 0 Å². The highest BCUT2D eigenvalue weighted by atomic mass is 32.2. The summed E-state index contributed by atoms with van der Waals surface area (Å²) in [6.45, 7) is 4.00. The lowest BCUT2D eigenvalue weighted by Gasteiger charge is -2.34. The third-order valence-electron chi connectivity index (χ3n) is 5.26. The molecule has 0 radical (unpaired) electrons. The predicted molar refractivity (Wildman–Crippen MR) is 104 cm³/mol. The van der Waals surface area contributed by atoms with E-state index in [2.05, 4.69) is 9.80 Å². The topological polar surface area (TPSA) is 6.48 Å². The summed E-state index contributed by atoms with van der Waals surface area (Å²) in [6.07, 6.45) is 0.424. The number of rotatable bonds is 4. The average Bonchev–Trinajstić information content (AvgIpc) is 2.67. The van der Waals surface area contributed by atoms with Crippen molar-refractivity contribution >= 4 is 23.1 Å². The lowest BCUT2D eigenvalue weighted by Crippen LogP contribution is -2.33. The quantitative estimate of drug-likeness (QED) is 0.613. The molecule has 27 heavy (non-hydrogen) atoms. The van der Waals surface area contributed by atoms with Crippen LogP contribution in [0.15, 0.2) is 52.3 Å². The molecule has 2 heterocycles.